The predicted molar refractivity (Wildman–Crippen MR) is 109 cm³/mol. The number of rotatable bonds is 3. The Balaban J connectivity index is 1.64. The summed E-state index contributed by atoms with van der Waals surface area (Å²) in [6, 6.07) is 14.7. The summed E-state index contributed by atoms with van der Waals surface area (Å²) in [6.07, 6.45) is 0. The number of amides is 3. The summed E-state index contributed by atoms with van der Waals surface area (Å²) in [5.74, 6) is -1.29. The summed E-state index contributed by atoms with van der Waals surface area (Å²) >= 11 is 0. The minimum absolute atomic E-state index is 0.324. The van der Waals surface area contributed by atoms with E-state index in [0.29, 0.717) is 16.5 Å². The third-order valence-electron chi connectivity index (χ3n) is 5.10. The van der Waals surface area contributed by atoms with E-state index in [4.69, 9.17) is 0 Å². The second-order valence-electron chi connectivity index (χ2n) is 7.23. The van der Waals surface area contributed by atoms with Crippen molar-refractivity contribution < 1.29 is 14.4 Å². The van der Waals surface area contributed by atoms with Crippen LogP contribution in [0.3, 0.4) is 0 Å². The molecule has 5 heteroatoms. The number of imide groups is 1. The lowest BCUT2D eigenvalue weighted by molar-refractivity contribution is -0.116. The van der Waals surface area contributed by atoms with Gasteiger partial charge in [0.1, 0.15) is 6.54 Å². The minimum Gasteiger partial charge on any atom is -0.324 e. The lowest BCUT2D eigenvalue weighted by atomic mass is 9.94. The molecule has 1 N–H and O–H groups in total. The van der Waals surface area contributed by atoms with Crippen molar-refractivity contribution in [1.29, 1.82) is 0 Å². The number of hydrogen-bond donors (Lipinski definition) is 1. The Morgan fingerprint density at radius 3 is 1.96 bits per heavy atom. The quantitative estimate of drug-likeness (QED) is 0.707. The van der Waals surface area contributed by atoms with Crippen molar-refractivity contribution >= 4 is 34.2 Å². The molecule has 140 valence electrons. The SMILES string of the molecule is Cc1cc(C)c(NC(=O)CN2C(=O)c3cccc4cccc(c34)C2=O)c(C)c1. The van der Waals surface area contributed by atoms with Crippen LogP contribution in [0.25, 0.3) is 10.8 Å². The van der Waals surface area contributed by atoms with Crippen molar-refractivity contribution in [3.05, 3.63) is 76.3 Å². The number of hydrogen-bond acceptors (Lipinski definition) is 3. The van der Waals surface area contributed by atoms with Crippen LogP contribution in [0, 0.1) is 20.8 Å². The first-order valence-electron chi connectivity index (χ1n) is 9.12. The molecule has 3 amide bonds. The average Bonchev–Trinajstić information content (AvgIpc) is 2.66. The highest BCUT2D eigenvalue weighted by atomic mass is 16.2. The van der Waals surface area contributed by atoms with Crippen molar-refractivity contribution in [1.82, 2.24) is 4.90 Å². The number of aryl methyl sites for hydroxylation is 3. The maximum atomic E-state index is 12.9. The zero-order valence-corrected chi connectivity index (χ0v) is 16.0. The van der Waals surface area contributed by atoms with Crippen molar-refractivity contribution in [3.63, 3.8) is 0 Å². The van der Waals surface area contributed by atoms with Crippen LogP contribution < -0.4 is 5.32 Å². The van der Waals surface area contributed by atoms with Crippen molar-refractivity contribution in [2.75, 3.05) is 11.9 Å². The molecule has 3 aromatic carbocycles. The summed E-state index contributed by atoms with van der Waals surface area (Å²) in [6.45, 7) is 5.51. The van der Waals surface area contributed by atoms with Gasteiger partial charge in [-0.25, -0.2) is 0 Å². The van der Waals surface area contributed by atoms with Gasteiger partial charge in [0.15, 0.2) is 0 Å². The van der Waals surface area contributed by atoms with Crippen LogP contribution in [0.1, 0.15) is 37.4 Å². The van der Waals surface area contributed by atoms with Gasteiger partial charge in [-0.1, -0.05) is 42.0 Å². The van der Waals surface area contributed by atoms with E-state index in [2.05, 4.69) is 5.32 Å². The number of anilines is 1. The van der Waals surface area contributed by atoms with E-state index < -0.39 is 17.7 Å². The van der Waals surface area contributed by atoms with Crippen LogP contribution in [0.15, 0.2) is 48.5 Å². The Morgan fingerprint density at radius 2 is 1.43 bits per heavy atom. The van der Waals surface area contributed by atoms with Crippen LogP contribution in [0.5, 0.6) is 0 Å². The normalized spacial score (nSPS) is 13.2. The highest BCUT2D eigenvalue weighted by Crippen LogP contribution is 2.30. The van der Waals surface area contributed by atoms with Gasteiger partial charge in [-0.15, -0.1) is 0 Å². The second kappa shape index (κ2) is 6.60. The molecular weight excluding hydrogens is 352 g/mol. The first-order valence-corrected chi connectivity index (χ1v) is 9.12. The van der Waals surface area contributed by atoms with Crippen molar-refractivity contribution in [3.8, 4) is 0 Å². The van der Waals surface area contributed by atoms with E-state index in [1.807, 2.05) is 45.0 Å². The van der Waals surface area contributed by atoms with E-state index >= 15 is 0 Å². The molecule has 0 aromatic heterocycles. The van der Waals surface area contributed by atoms with E-state index in [1.54, 1.807) is 24.3 Å². The van der Waals surface area contributed by atoms with Gasteiger partial charge in [0.25, 0.3) is 11.8 Å². The first-order chi connectivity index (χ1) is 13.4. The third-order valence-corrected chi connectivity index (χ3v) is 5.10. The minimum atomic E-state index is -0.443. The largest absolute Gasteiger partial charge is 0.324 e. The molecule has 0 radical (unpaired) electrons. The second-order valence-corrected chi connectivity index (χ2v) is 7.23. The van der Waals surface area contributed by atoms with Gasteiger partial charge in [0.05, 0.1) is 0 Å². The summed E-state index contributed by atoms with van der Waals surface area (Å²) in [5.41, 5.74) is 4.61. The molecule has 0 saturated heterocycles. The van der Waals surface area contributed by atoms with Crippen molar-refractivity contribution in [2.24, 2.45) is 0 Å². The zero-order valence-electron chi connectivity index (χ0n) is 16.0. The zero-order chi connectivity index (χ0) is 20.0. The van der Waals surface area contributed by atoms with E-state index in [1.165, 1.54) is 0 Å². The molecule has 0 spiro atoms. The van der Waals surface area contributed by atoms with Crippen LogP contribution in [-0.2, 0) is 4.79 Å². The monoisotopic (exact) mass is 372 g/mol. The summed E-state index contributed by atoms with van der Waals surface area (Å²) < 4.78 is 0. The molecule has 0 atom stereocenters. The fourth-order valence-corrected chi connectivity index (χ4v) is 3.92. The summed E-state index contributed by atoms with van der Waals surface area (Å²) in [5, 5.41) is 4.35. The fraction of sp³-hybridized carbons (Fsp3) is 0.174. The molecule has 28 heavy (non-hydrogen) atoms. The summed E-state index contributed by atoms with van der Waals surface area (Å²) in [4.78, 5) is 39.5. The molecule has 0 bridgehead atoms. The molecule has 0 fully saturated rings. The van der Waals surface area contributed by atoms with Gasteiger partial charge < -0.3 is 5.32 Å². The Bertz CT molecular complexity index is 1090. The van der Waals surface area contributed by atoms with E-state index in [0.717, 1.165) is 32.7 Å². The summed E-state index contributed by atoms with van der Waals surface area (Å²) in [7, 11) is 0. The Kier molecular flexibility index (Phi) is 4.23. The van der Waals surface area contributed by atoms with Gasteiger partial charge in [-0.3, -0.25) is 19.3 Å². The van der Waals surface area contributed by atoms with Crippen LogP contribution >= 0.6 is 0 Å². The van der Waals surface area contributed by atoms with Crippen molar-refractivity contribution in [2.45, 2.75) is 20.8 Å². The number of nitrogens with zero attached hydrogens (tertiary/aromatic N) is 1. The maximum absolute atomic E-state index is 12.9. The van der Waals surface area contributed by atoms with Gasteiger partial charge >= 0.3 is 0 Å². The van der Waals surface area contributed by atoms with Crippen LogP contribution in [-0.4, -0.2) is 29.2 Å². The average molecular weight is 372 g/mol. The molecule has 1 aliphatic heterocycles. The van der Waals surface area contributed by atoms with E-state index in [9.17, 15) is 14.4 Å². The Morgan fingerprint density at radius 1 is 0.893 bits per heavy atom. The molecule has 3 aromatic rings. The topological polar surface area (TPSA) is 66.5 Å². The Labute approximate surface area is 163 Å². The molecule has 0 unspecified atom stereocenters. The Hall–Kier alpha value is -3.47. The molecule has 4 rings (SSSR count). The van der Waals surface area contributed by atoms with Gasteiger partial charge in [0.2, 0.25) is 5.91 Å². The molecule has 5 nitrogen and oxygen atoms in total. The van der Waals surface area contributed by atoms with E-state index in [-0.39, 0.29) is 6.54 Å². The predicted octanol–water partition coefficient (Wildman–Crippen LogP) is 4.00. The standard InChI is InChI=1S/C23H20N2O3/c1-13-10-14(2)21(15(3)11-13)24-19(26)12-25-22(27)17-8-4-6-16-7-5-9-18(20(16)17)23(25)28/h4-11H,12H2,1-3H3,(H,24,26). The number of carbonyl (C=O) groups excluding carboxylic acids is 3. The van der Waals surface area contributed by atoms with Crippen LogP contribution in [0.2, 0.25) is 0 Å². The third kappa shape index (κ3) is 2.85. The molecule has 0 aliphatic carbocycles. The molecular formula is C23H20N2O3. The lowest BCUT2D eigenvalue weighted by Crippen LogP contribution is -2.44. The lowest BCUT2D eigenvalue weighted by Gasteiger charge is -2.27. The molecule has 0 saturated carbocycles. The smallest absolute Gasteiger partial charge is 0.261 e. The number of benzene rings is 3. The maximum Gasteiger partial charge on any atom is 0.261 e. The molecule has 1 heterocycles. The highest BCUT2D eigenvalue weighted by molar-refractivity contribution is 6.26. The molecule has 1 aliphatic rings. The van der Waals surface area contributed by atoms with Gasteiger partial charge in [0, 0.05) is 22.2 Å². The first kappa shape index (κ1) is 17.9. The van der Waals surface area contributed by atoms with Crippen LogP contribution in [0.4, 0.5) is 5.69 Å². The van der Waals surface area contributed by atoms with Gasteiger partial charge in [-0.05, 0) is 49.4 Å². The van der Waals surface area contributed by atoms with Gasteiger partial charge in [-0.2, -0.15) is 0 Å². The number of nitrogens with one attached hydrogen (secondary N) is 1. The number of carbonyl (C=O) groups is 3. The highest BCUT2D eigenvalue weighted by Gasteiger charge is 2.33. The fourth-order valence-electron chi connectivity index (χ4n) is 3.92.